The van der Waals surface area contributed by atoms with Gasteiger partial charge in [0.15, 0.2) is 0 Å². The molecule has 1 aliphatic heterocycles. The Morgan fingerprint density at radius 1 is 1.24 bits per heavy atom. The van der Waals surface area contributed by atoms with E-state index >= 15 is 0 Å². The molecular weight excluding hydrogens is 489 g/mol. The Labute approximate surface area is 218 Å². The summed E-state index contributed by atoms with van der Waals surface area (Å²) in [5.41, 5.74) is 1.38. The second kappa shape index (κ2) is 9.95. The molecule has 8 nitrogen and oxygen atoms in total. The van der Waals surface area contributed by atoms with Crippen molar-refractivity contribution in [3.05, 3.63) is 42.4 Å². The first-order chi connectivity index (χ1) is 17.4. The molecule has 10 heteroatoms. The molecule has 2 aromatic heterocycles. The van der Waals surface area contributed by atoms with Gasteiger partial charge in [0.1, 0.15) is 24.5 Å². The highest BCUT2D eigenvalue weighted by molar-refractivity contribution is 6.76. The minimum Gasteiger partial charge on any atom is -0.444 e. The van der Waals surface area contributed by atoms with E-state index in [4.69, 9.17) is 9.47 Å². The van der Waals surface area contributed by atoms with Crippen LogP contribution in [0.25, 0.3) is 22.0 Å². The quantitative estimate of drug-likeness (QED) is 0.282. The molecule has 0 spiro atoms. The fraction of sp³-hybridized carbons (Fsp3) is 0.519. The normalized spacial score (nSPS) is 15.5. The van der Waals surface area contributed by atoms with E-state index in [1.165, 1.54) is 4.90 Å². The summed E-state index contributed by atoms with van der Waals surface area (Å²) in [4.78, 5) is 13.9. The van der Waals surface area contributed by atoms with Crippen molar-refractivity contribution in [2.24, 2.45) is 0 Å². The van der Waals surface area contributed by atoms with Gasteiger partial charge in [-0.3, -0.25) is 4.68 Å². The number of carbonyl (C=O) groups is 1. The Hall–Kier alpha value is -3.16. The minimum absolute atomic E-state index is 0.167. The third-order valence-electron chi connectivity index (χ3n) is 6.53. The summed E-state index contributed by atoms with van der Waals surface area (Å²) in [6, 6.07) is 9.08. The molecule has 3 heterocycles. The van der Waals surface area contributed by atoms with Crippen molar-refractivity contribution in [2.75, 3.05) is 26.4 Å². The van der Waals surface area contributed by atoms with Gasteiger partial charge < -0.3 is 18.9 Å². The van der Waals surface area contributed by atoms with Crippen LogP contribution in [0.5, 0.6) is 0 Å². The van der Waals surface area contributed by atoms with E-state index < -0.39 is 32.0 Å². The Kier molecular flexibility index (Phi) is 7.23. The average Bonchev–Trinajstić information content (AvgIpc) is 3.41. The molecule has 0 aliphatic carbocycles. The number of alkyl halides is 1. The summed E-state index contributed by atoms with van der Waals surface area (Å²) >= 11 is 0. The lowest BCUT2D eigenvalue weighted by Gasteiger charge is -2.48. The predicted molar refractivity (Wildman–Crippen MR) is 144 cm³/mol. The molecule has 3 aromatic rings. The molecule has 4 rings (SSSR count). The van der Waals surface area contributed by atoms with Gasteiger partial charge in [0, 0.05) is 43.6 Å². The molecular formula is C27H36FN5O3Si. The van der Waals surface area contributed by atoms with Crippen molar-refractivity contribution in [2.45, 2.75) is 64.3 Å². The van der Waals surface area contributed by atoms with E-state index in [0.717, 1.165) is 34.7 Å². The fourth-order valence-electron chi connectivity index (χ4n) is 4.45. The van der Waals surface area contributed by atoms with E-state index in [-0.39, 0.29) is 13.1 Å². The largest absolute Gasteiger partial charge is 0.444 e. The molecule has 0 radical (unpaired) electrons. The third-order valence-corrected chi connectivity index (χ3v) is 8.23. The number of amides is 1. The molecule has 1 amide bonds. The molecule has 0 saturated carbocycles. The van der Waals surface area contributed by atoms with E-state index in [1.54, 1.807) is 43.9 Å². The molecule has 1 saturated heterocycles. The first-order valence-corrected chi connectivity index (χ1v) is 16.3. The first-order valence-electron chi connectivity index (χ1n) is 12.5. The maximum Gasteiger partial charge on any atom is 0.410 e. The van der Waals surface area contributed by atoms with Gasteiger partial charge in [0.2, 0.25) is 0 Å². The van der Waals surface area contributed by atoms with Crippen molar-refractivity contribution in [3.8, 4) is 17.2 Å². The number of carbonyl (C=O) groups excluding carboxylic acids is 1. The van der Waals surface area contributed by atoms with Gasteiger partial charge in [-0.1, -0.05) is 19.6 Å². The van der Waals surface area contributed by atoms with Gasteiger partial charge >= 0.3 is 6.09 Å². The lowest BCUT2D eigenvalue weighted by Crippen LogP contribution is -2.66. The van der Waals surface area contributed by atoms with Crippen molar-refractivity contribution in [3.63, 3.8) is 0 Å². The van der Waals surface area contributed by atoms with Crippen LogP contribution < -0.4 is 0 Å². The smallest absolute Gasteiger partial charge is 0.410 e. The van der Waals surface area contributed by atoms with Crippen LogP contribution in [0.1, 0.15) is 26.3 Å². The predicted octanol–water partition coefficient (Wildman–Crippen LogP) is 5.60. The Balaban J connectivity index is 1.57. The molecule has 1 aliphatic rings. The molecule has 0 atom stereocenters. The third kappa shape index (κ3) is 5.73. The van der Waals surface area contributed by atoms with Crippen LogP contribution in [0.2, 0.25) is 25.7 Å². The summed E-state index contributed by atoms with van der Waals surface area (Å²) in [7, 11) is -1.17. The molecule has 0 bridgehead atoms. The zero-order chi connectivity index (χ0) is 27.0. The van der Waals surface area contributed by atoms with Crippen LogP contribution in [-0.2, 0) is 21.7 Å². The second-order valence-corrected chi connectivity index (χ2v) is 17.7. The number of nitrogens with zero attached hydrogens (tertiary/aromatic N) is 5. The summed E-state index contributed by atoms with van der Waals surface area (Å²) in [6.07, 6.45) is 4.92. The number of nitriles is 1. The zero-order valence-electron chi connectivity index (χ0n) is 22.5. The lowest BCUT2D eigenvalue weighted by atomic mass is 9.91. The van der Waals surface area contributed by atoms with Gasteiger partial charge in [0.25, 0.3) is 0 Å². The molecule has 37 heavy (non-hydrogen) atoms. The summed E-state index contributed by atoms with van der Waals surface area (Å²) in [5.74, 6) is 0. The summed E-state index contributed by atoms with van der Waals surface area (Å²) in [6.45, 7) is 13.2. The number of halogens is 1. The van der Waals surface area contributed by atoms with Crippen LogP contribution in [0, 0.1) is 11.3 Å². The Morgan fingerprint density at radius 3 is 2.59 bits per heavy atom. The van der Waals surface area contributed by atoms with Crippen LogP contribution in [-0.4, -0.2) is 65.4 Å². The highest BCUT2D eigenvalue weighted by Crippen LogP contribution is 2.36. The van der Waals surface area contributed by atoms with Crippen molar-refractivity contribution < 1.29 is 18.7 Å². The van der Waals surface area contributed by atoms with Gasteiger partial charge in [-0.15, -0.1) is 0 Å². The standard InChI is InChI=1S/C27H36FN5O3Si/c1-26(2,3)36-25(34)32-17-27(16-28,18-32)33-15-21(14-30-33)24-20(13-29)7-8-23-22(24)9-10-31(23)19-35-11-12-37(4,5)6/h7-10,14-15H,11-12,16-19H2,1-6H3. The maximum absolute atomic E-state index is 14.3. The van der Waals surface area contributed by atoms with Crippen molar-refractivity contribution in [1.82, 2.24) is 19.2 Å². The highest BCUT2D eigenvalue weighted by atomic mass is 28.3. The minimum atomic E-state index is -1.17. The number of hydrogen-bond donors (Lipinski definition) is 0. The van der Waals surface area contributed by atoms with Crippen LogP contribution >= 0.6 is 0 Å². The molecule has 0 unspecified atom stereocenters. The summed E-state index contributed by atoms with van der Waals surface area (Å²) in [5, 5.41) is 15.2. The van der Waals surface area contributed by atoms with Crippen molar-refractivity contribution >= 4 is 25.1 Å². The zero-order valence-corrected chi connectivity index (χ0v) is 23.5. The lowest BCUT2D eigenvalue weighted by molar-refractivity contribution is -0.0410. The molecule has 1 aromatic carbocycles. The monoisotopic (exact) mass is 525 g/mol. The van der Waals surface area contributed by atoms with Gasteiger partial charge in [-0.05, 0) is 45.0 Å². The first kappa shape index (κ1) is 26.9. The number of likely N-dealkylation sites (tertiary alicyclic amines) is 1. The SMILES string of the molecule is CC(C)(C)OC(=O)N1CC(CF)(n2cc(-c3c(C#N)ccc4c3ccn4COCC[Si](C)(C)C)cn2)C1. The van der Waals surface area contributed by atoms with Gasteiger partial charge in [0.05, 0.1) is 36.4 Å². The molecule has 1 fully saturated rings. The van der Waals surface area contributed by atoms with E-state index in [1.807, 2.05) is 22.9 Å². The van der Waals surface area contributed by atoms with Gasteiger partial charge in [-0.2, -0.15) is 10.4 Å². The fourth-order valence-corrected chi connectivity index (χ4v) is 5.21. The van der Waals surface area contributed by atoms with Gasteiger partial charge in [-0.25, -0.2) is 9.18 Å². The van der Waals surface area contributed by atoms with E-state index in [9.17, 15) is 14.4 Å². The van der Waals surface area contributed by atoms with E-state index in [0.29, 0.717) is 12.3 Å². The second-order valence-electron chi connectivity index (χ2n) is 12.0. The number of hydrogen-bond acceptors (Lipinski definition) is 5. The Morgan fingerprint density at radius 2 is 1.97 bits per heavy atom. The average molecular weight is 526 g/mol. The van der Waals surface area contributed by atoms with Crippen LogP contribution in [0.3, 0.4) is 0 Å². The van der Waals surface area contributed by atoms with Crippen LogP contribution in [0.15, 0.2) is 36.8 Å². The van der Waals surface area contributed by atoms with Crippen molar-refractivity contribution in [1.29, 1.82) is 5.26 Å². The molecule has 0 N–H and O–H groups in total. The number of fused-ring (bicyclic) bond motifs is 1. The van der Waals surface area contributed by atoms with Crippen LogP contribution in [0.4, 0.5) is 9.18 Å². The number of aromatic nitrogens is 3. The number of rotatable bonds is 8. The Bertz CT molecular complexity index is 1320. The summed E-state index contributed by atoms with van der Waals surface area (Å²) < 4.78 is 29.2. The number of ether oxygens (including phenoxy) is 2. The van der Waals surface area contributed by atoms with E-state index in [2.05, 4.69) is 30.8 Å². The molecule has 198 valence electrons. The maximum atomic E-state index is 14.3. The topological polar surface area (TPSA) is 85.3 Å². The number of benzene rings is 1. The highest BCUT2D eigenvalue weighted by Gasteiger charge is 2.49.